The second-order valence-corrected chi connectivity index (χ2v) is 6.26. The molecule has 0 heterocycles. The molecule has 0 radical (unpaired) electrons. The summed E-state index contributed by atoms with van der Waals surface area (Å²) in [5, 5.41) is 0. The summed E-state index contributed by atoms with van der Waals surface area (Å²) in [7, 11) is -4.50. The first-order valence-electron chi connectivity index (χ1n) is 6.20. The monoisotopic (exact) mass is 316 g/mol. The molecule has 0 amide bonds. The van der Waals surface area contributed by atoms with E-state index < -0.39 is 7.82 Å². The quantitative estimate of drug-likeness (QED) is 0.437. The van der Waals surface area contributed by atoms with Crippen LogP contribution >= 0.6 is 7.82 Å². The van der Waals surface area contributed by atoms with Crippen molar-refractivity contribution in [3.63, 3.8) is 0 Å². The van der Waals surface area contributed by atoms with E-state index in [0.717, 1.165) is 5.56 Å². The summed E-state index contributed by atoms with van der Waals surface area (Å²) < 4.78 is 15.3. The molecule has 0 saturated heterocycles. The van der Waals surface area contributed by atoms with Crippen LogP contribution in [0.5, 0.6) is 5.75 Å². The smallest absolute Gasteiger partial charge is 1.00 e. The molecule has 2 N–H and O–H groups in total. The van der Waals surface area contributed by atoms with E-state index in [2.05, 4.69) is 30.5 Å². The summed E-state index contributed by atoms with van der Waals surface area (Å²) in [6.07, 6.45) is 0. The Hall–Kier alpha value is 0.182. The zero-order valence-corrected chi connectivity index (χ0v) is 15.2. The average molecular weight is 316 g/mol. The molecule has 0 spiro atoms. The van der Waals surface area contributed by atoms with E-state index in [1.807, 2.05) is 30.3 Å². The van der Waals surface area contributed by atoms with Gasteiger partial charge in [-0.25, -0.2) is 4.57 Å². The first-order valence-corrected chi connectivity index (χ1v) is 7.73. The van der Waals surface area contributed by atoms with Crippen LogP contribution < -0.4 is 61.1 Å². The third-order valence-corrected chi connectivity index (χ3v) is 3.74. The van der Waals surface area contributed by atoms with Gasteiger partial charge in [-0.1, -0.05) is 56.3 Å². The van der Waals surface area contributed by atoms with Crippen LogP contribution in [0.2, 0.25) is 0 Å². The predicted octanol–water partition coefficient (Wildman–Crippen LogP) is -5.17. The van der Waals surface area contributed by atoms with E-state index in [9.17, 15) is 4.57 Å². The Labute approximate surface area is 177 Å². The van der Waals surface area contributed by atoms with Crippen molar-refractivity contribution < 1.29 is 79.7 Å². The maximum absolute atomic E-state index is 10.8. The molecule has 0 atom stereocenters. The summed E-state index contributed by atoms with van der Waals surface area (Å²) in [5.74, 6) is 0.158. The molecular weight excluding hydrogens is 296 g/mol. The summed E-state index contributed by atoms with van der Waals surface area (Å²) in [4.78, 5) is 17.5. The first kappa shape index (κ1) is 25.4. The fraction of sp³-hybridized carbons (Fsp3) is 0.200. The van der Waals surface area contributed by atoms with E-state index in [4.69, 9.17) is 9.79 Å². The number of hydrogen-bond donors (Lipinski definition) is 2. The first-order chi connectivity index (χ1) is 9.29. The summed E-state index contributed by atoms with van der Waals surface area (Å²) in [6, 6.07) is 16.8. The Bertz CT molecular complexity index is 640. The van der Waals surface area contributed by atoms with Crippen molar-refractivity contribution in [3.05, 3.63) is 65.7 Å². The van der Waals surface area contributed by atoms with Crippen molar-refractivity contribution in [1.29, 1.82) is 0 Å². The van der Waals surface area contributed by atoms with Crippen LogP contribution in [0.15, 0.2) is 54.6 Å². The van der Waals surface area contributed by atoms with Crippen molar-refractivity contribution in [2.45, 2.75) is 19.3 Å². The number of phosphoric acid groups is 1. The van der Waals surface area contributed by atoms with Gasteiger partial charge in [0.25, 0.3) is 0 Å². The van der Waals surface area contributed by atoms with Gasteiger partial charge in [-0.05, 0) is 23.3 Å². The van der Waals surface area contributed by atoms with Gasteiger partial charge >= 0.3 is 64.4 Å². The molecule has 0 fully saturated rings. The third kappa shape index (κ3) is 7.30. The fourth-order valence-electron chi connectivity index (χ4n) is 2.09. The molecule has 0 saturated carbocycles. The number of benzene rings is 2. The molecule has 0 aliphatic heterocycles. The van der Waals surface area contributed by atoms with Crippen LogP contribution in [-0.4, -0.2) is 9.79 Å². The van der Waals surface area contributed by atoms with Gasteiger partial charge in [0.1, 0.15) is 5.75 Å². The molecule has 0 bridgehead atoms. The number of hydrogen-bond acceptors (Lipinski definition) is 2. The summed E-state index contributed by atoms with van der Waals surface area (Å²) in [6.45, 7) is 4.20. The molecule has 112 valence electrons. The Morgan fingerprint density at radius 2 is 1.30 bits per heavy atom. The largest absolute Gasteiger partial charge is 1.00 e. The maximum atomic E-state index is 10.8. The van der Waals surface area contributed by atoms with Crippen LogP contribution in [0.3, 0.4) is 0 Å². The van der Waals surface area contributed by atoms with Crippen LogP contribution in [-0.2, 0) is 9.98 Å². The summed E-state index contributed by atoms with van der Waals surface area (Å²) >= 11 is 0. The van der Waals surface area contributed by atoms with Gasteiger partial charge in [-0.2, -0.15) is 0 Å². The maximum Gasteiger partial charge on any atom is 1.00 e. The fourth-order valence-corrected chi connectivity index (χ4v) is 2.49. The Balaban J connectivity index is -0.000000245. The van der Waals surface area contributed by atoms with Gasteiger partial charge in [0.15, 0.2) is 0 Å². The Morgan fingerprint density at radius 1 is 0.870 bits per heavy atom. The molecule has 8 heteroatoms. The normalized spacial score (nSPS) is 10.6. The minimum Gasteiger partial charge on any atom is -1.00 e. The molecule has 0 unspecified atom stereocenters. The van der Waals surface area contributed by atoms with E-state index >= 15 is 0 Å². The predicted molar refractivity (Wildman–Crippen MR) is 81.0 cm³/mol. The van der Waals surface area contributed by atoms with Gasteiger partial charge in [-0.15, -0.1) is 0 Å². The van der Waals surface area contributed by atoms with E-state index in [1.165, 1.54) is 5.56 Å². The van der Waals surface area contributed by atoms with Gasteiger partial charge in [-0.3, -0.25) is 9.79 Å². The van der Waals surface area contributed by atoms with E-state index in [-0.39, 0.29) is 72.0 Å². The molecule has 2 aromatic rings. The van der Waals surface area contributed by atoms with E-state index in [1.54, 1.807) is 12.1 Å². The zero-order chi connectivity index (χ0) is 14.8. The summed E-state index contributed by atoms with van der Waals surface area (Å²) in [5.41, 5.74) is 2.02. The van der Waals surface area contributed by atoms with Crippen LogP contribution in [0, 0.1) is 0 Å². The number of rotatable bonds is 4. The standard InChI is InChI=1S/C15H17O4P.3Li.3H/c1-15(2,12-6-4-3-5-7-12)13-8-10-14(11-9-13)19-20(16,17)18;;;;;;/h3-11H,1-2H3,(H2,16,17,18);;;;;;/q;3*+1;3*-1. The topological polar surface area (TPSA) is 66.8 Å². The van der Waals surface area contributed by atoms with Gasteiger partial charge < -0.3 is 8.80 Å². The van der Waals surface area contributed by atoms with Crippen LogP contribution in [0.25, 0.3) is 0 Å². The second kappa shape index (κ2) is 10.2. The van der Waals surface area contributed by atoms with Crippen molar-refractivity contribution in [1.82, 2.24) is 0 Å². The molecule has 4 nitrogen and oxygen atoms in total. The van der Waals surface area contributed by atoms with Crippen molar-refractivity contribution >= 4 is 7.82 Å². The van der Waals surface area contributed by atoms with Crippen LogP contribution in [0.1, 0.15) is 29.3 Å². The molecule has 0 aromatic heterocycles. The van der Waals surface area contributed by atoms with Gasteiger partial charge in [0, 0.05) is 5.41 Å². The van der Waals surface area contributed by atoms with Gasteiger partial charge in [0.05, 0.1) is 0 Å². The molecule has 0 aliphatic carbocycles. The van der Waals surface area contributed by atoms with Crippen molar-refractivity contribution in [2.75, 3.05) is 0 Å². The third-order valence-electron chi connectivity index (χ3n) is 3.30. The molecular formula is C15H20Li3O4P. The van der Waals surface area contributed by atoms with Crippen molar-refractivity contribution in [2.24, 2.45) is 0 Å². The Morgan fingerprint density at radius 3 is 1.74 bits per heavy atom. The van der Waals surface area contributed by atoms with Crippen molar-refractivity contribution in [3.8, 4) is 5.75 Å². The minimum absolute atomic E-state index is 0. The van der Waals surface area contributed by atoms with Gasteiger partial charge in [0.2, 0.25) is 0 Å². The molecule has 0 aliphatic rings. The van der Waals surface area contributed by atoms with Crippen LogP contribution in [0.4, 0.5) is 0 Å². The second-order valence-electron chi connectivity index (χ2n) is 5.10. The molecule has 2 rings (SSSR count). The molecule has 23 heavy (non-hydrogen) atoms. The average Bonchev–Trinajstić information content (AvgIpc) is 2.38. The molecule has 2 aromatic carbocycles. The zero-order valence-electron chi connectivity index (χ0n) is 17.4. The Kier molecular flexibility index (Phi) is 11.3. The SMILES string of the molecule is CC(C)(c1ccccc1)c1ccc(OP(=O)(O)O)cc1.[H-].[H-].[H-].[Li+].[Li+].[Li+]. The number of phosphoric ester groups is 1. The van der Waals surface area contributed by atoms with E-state index in [0.29, 0.717) is 0 Å². The minimum atomic E-state index is -4.50.